The van der Waals surface area contributed by atoms with Crippen LogP contribution in [0.1, 0.15) is 0 Å². The van der Waals surface area contributed by atoms with Crippen molar-refractivity contribution in [3.05, 3.63) is 182 Å². The average molecular weight is 747 g/mol. The minimum Gasteiger partial charge on any atom is -0.453 e. The fraction of sp³-hybridized carbons (Fsp3) is 0. The summed E-state index contributed by atoms with van der Waals surface area (Å²) in [6.45, 7) is 0. The highest BCUT2D eigenvalue weighted by molar-refractivity contribution is 7.25. The fourth-order valence-corrected chi connectivity index (χ4v) is 9.53. The summed E-state index contributed by atoms with van der Waals surface area (Å²) in [5.41, 5.74) is 9.83. The van der Waals surface area contributed by atoms with Gasteiger partial charge in [0.15, 0.2) is 23.1 Å². The van der Waals surface area contributed by atoms with Gasteiger partial charge >= 0.3 is 0 Å². The Morgan fingerprint density at radius 2 is 0.965 bits per heavy atom. The second-order valence-corrected chi connectivity index (χ2v) is 15.5. The number of nitrogens with zero attached hydrogens (tertiary/aromatic N) is 4. The molecule has 57 heavy (non-hydrogen) atoms. The van der Waals surface area contributed by atoms with Crippen molar-refractivity contribution in [3.8, 4) is 51.0 Å². The first-order valence-corrected chi connectivity index (χ1v) is 19.8. The number of hydrogen-bond donors (Lipinski definition) is 0. The molecular weight excluding hydrogens is 717 g/mol. The monoisotopic (exact) mass is 746 g/mol. The van der Waals surface area contributed by atoms with Gasteiger partial charge in [-0.2, -0.15) is 0 Å². The normalized spacial score (nSPS) is 11.9. The third-order valence-corrected chi connectivity index (χ3v) is 12.2. The highest BCUT2D eigenvalue weighted by Gasteiger charge is 2.22. The van der Waals surface area contributed by atoms with Crippen LogP contribution in [0, 0.1) is 0 Å². The summed E-state index contributed by atoms with van der Waals surface area (Å²) in [4.78, 5) is 15.4. The molecule has 0 bridgehead atoms. The molecule has 0 radical (unpaired) electrons. The molecule has 0 aliphatic heterocycles. The van der Waals surface area contributed by atoms with Crippen LogP contribution in [-0.4, -0.2) is 19.5 Å². The molecule has 0 atom stereocenters. The zero-order chi connectivity index (χ0) is 37.5. The van der Waals surface area contributed by atoms with Crippen LogP contribution in [0.25, 0.3) is 115 Å². The van der Waals surface area contributed by atoms with Crippen molar-refractivity contribution in [2.24, 2.45) is 0 Å². The maximum atomic E-state index is 7.10. The second-order valence-electron chi connectivity index (χ2n) is 14.4. The summed E-state index contributed by atoms with van der Waals surface area (Å²) in [5.74, 6) is 1.79. The van der Waals surface area contributed by atoms with Crippen LogP contribution < -0.4 is 0 Å². The molecule has 6 heteroatoms. The van der Waals surface area contributed by atoms with E-state index in [9.17, 15) is 0 Å². The van der Waals surface area contributed by atoms with Crippen molar-refractivity contribution < 1.29 is 4.42 Å². The topological polar surface area (TPSA) is 56.7 Å². The first-order valence-electron chi connectivity index (χ1n) is 19.0. The Kier molecular flexibility index (Phi) is 7.03. The molecule has 4 aromatic heterocycles. The van der Waals surface area contributed by atoms with Gasteiger partial charge in [0.2, 0.25) is 0 Å². The molecule has 5 nitrogen and oxygen atoms in total. The quantitative estimate of drug-likeness (QED) is 0.176. The molecule has 0 N–H and O–H groups in total. The van der Waals surface area contributed by atoms with E-state index >= 15 is 0 Å². The molecule has 0 aliphatic carbocycles. The number of benzene rings is 8. The Balaban J connectivity index is 1.08. The van der Waals surface area contributed by atoms with Gasteiger partial charge in [0.25, 0.3) is 0 Å². The zero-order valence-electron chi connectivity index (χ0n) is 30.4. The van der Waals surface area contributed by atoms with Crippen LogP contribution in [0.3, 0.4) is 0 Å². The molecule has 266 valence electrons. The third-order valence-electron chi connectivity index (χ3n) is 11.1. The lowest BCUT2D eigenvalue weighted by Crippen LogP contribution is -2.00. The summed E-state index contributed by atoms with van der Waals surface area (Å²) in [6, 6.07) is 63.8. The molecule has 4 heterocycles. The second kappa shape index (κ2) is 12.6. The lowest BCUT2D eigenvalue weighted by atomic mass is 10.1. The Bertz CT molecular complexity index is 3510. The number of rotatable bonds is 5. The largest absolute Gasteiger partial charge is 0.453 e. The van der Waals surface area contributed by atoms with Crippen LogP contribution in [0.2, 0.25) is 0 Å². The average Bonchev–Trinajstić information content (AvgIpc) is 3.96. The van der Waals surface area contributed by atoms with Gasteiger partial charge in [0.05, 0.1) is 16.6 Å². The third kappa shape index (κ3) is 5.04. The summed E-state index contributed by atoms with van der Waals surface area (Å²) in [7, 11) is 0. The van der Waals surface area contributed by atoms with E-state index in [2.05, 4.69) is 156 Å². The maximum Gasteiger partial charge on any atom is 0.167 e. The van der Waals surface area contributed by atoms with Gasteiger partial charge in [-0.3, -0.25) is 0 Å². The van der Waals surface area contributed by atoms with Crippen LogP contribution in [0.4, 0.5) is 0 Å². The molecule has 12 aromatic rings. The SMILES string of the molecule is c1ccc(-c2ccc(-n3c4ccccc4c4ccc5c6cccc(-c7nc(-c8ccccc8)nc(-c8ccc9c(c8)sc8ccccc89)n7)c6oc5c43)cc2)cc1. The predicted octanol–water partition coefficient (Wildman–Crippen LogP) is 13.9. The van der Waals surface area contributed by atoms with E-state index < -0.39 is 0 Å². The van der Waals surface area contributed by atoms with Gasteiger partial charge in [-0.25, -0.2) is 15.0 Å². The number of furan rings is 1. The fourth-order valence-electron chi connectivity index (χ4n) is 8.39. The Morgan fingerprint density at radius 1 is 0.386 bits per heavy atom. The van der Waals surface area contributed by atoms with Crippen molar-refractivity contribution in [2.45, 2.75) is 0 Å². The number of hydrogen-bond acceptors (Lipinski definition) is 5. The summed E-state index contributed by atoms with van der Waals surface area (Å²) < 4.78 is 11.9. The molecule has 0 saturated carbocycles. The summed E-state index contributed by atoms with van der Waals surface area (Å²) >= 11 is 1.79. The van der Waals surface area contributed by atoms with Gasteiger partial charge in [-0.05, 0) is 53.6 Å². The molecule has 8 aromatic carbocycles. The first-order chi connectivity index (χ1) is 28.2. The van der Waals surface area contributed by atoms with E-state index in [1.807, 2.05) is 30.3 Å². The van der Waals surface area contributed by atoms with Crippen molar-refractivity contribution in [2.75, 3.05) is 0 Å². The van der Waals surface area contributed by atoms with Gasteiger partial charge in [-0.1, -0.05) is 140 Å². The highest BCUT2D eigenvalue weighted by Crippen LogP contribution is 2.43. The molecule has 0 saturated heterocycles. The number of aromatic nitrogens is 4. The van der Waals surface area contributed by atoms with Crippen LogP contribution in [-0.2, 0) is 0 Å². The van der Waals surface area contributed by atoms with Crippen molar-refractivity contribution in [3.63, 3.8) is 0 Å². The Hall–Kier alpha value is -7.41. The minimum atomic E-state index is 0.563. The molecule has 0 aliphatic rings. The number of fused-ring (bicyclic) bond motifs is 10. The number of para-hydroxylation sites is 2. The minimum absolute atomic E-state index is 0.563. The van der Waals surface area contributed by atoms with E-state index in [1.165, 1.54) is 36.7 Å². The Morgan fingerprint density at radius 3 is 1.79 bits per heavy atom. The smallest absolute Gasteiger partial charge is 0.167 e. The predicted molar refractivity (Wildman–Crippen MR) is 236 cm³/mol. The first kappa shape index (κ1) is 31.9. The summed E-state index contributed by atoms with van der Waals surface area (Å²) in [5, 5.41) is 6.86. The number of thiophene rings is 1. The highest BCUT2D eigenvalue weighted by atomic mass is 32.1. The maximum absolute atomic E-state index is 7.10. The zero-order valence-corrected chi connectivity index (χ0v) is 31.2. The molecular formula is C51H30N4OS. The van der Waals surface area contributed by atoms with E-state index in [1.54, 1.807) is 11.3 Å². The van der Waals surface area contributed by atoms with Crippen molar-refractivity contribution in [1.82, 2.24) is 19.5 Å². The molecule has 0 unspecified atom stereocenters. The van der Waals surface area contributed by atoms with Crippen molar-refractivity contribution in [1.29, 1.82) is 0 Å². The van der Waals surface area contributed by atoms with Gasteiger partial charge in [0.1, 0.15) is 5.58 Å². The Labute approximate surface area is 330 Å². The van der Waals surface area contributed by atoms with Crippen LogP contribution in [0.15, 0.2) is 186 Å². The molecule has 0 fully saturated rings. The lowest BCUT2D eigenvalue weighted by molar-refractivity contribution is 0.671. The van der Waals surface area contributed by atoms with E-state index in [-0.39, 0.29) is 0 Å². The van der Waals surface area contributed by atoms with Gasteiger partial charge in [-0.15, -0.1) is 11.3 Å². The molecule has 12 rings (SSSR count). The van der Waals surface area contributed by atoms with E-state index in [0.29, 0.717) is 17.5 Å². The van der Waals surface area contributed by atoms with Crippen molar-refractivity contribution >= 4 is 75.3 Å². The molecule has 0 spiro atoms. The van der Waals surface area contributed by atoms with E-state index in [4.69, 9.17) is 19.4 Å². The lowest BCUT2D eigenvalue weighted by Gasteiger charge is -2.10. The van der Waals surface area contributed by atoms with Crippen LogP contribution >= 0.6 is 11.3 Å². The van der Waals surface area contributed by atoms with E-state index in [0.717, 1.165) is 60.7 Å². The van der Waals surface area contributed by atoms with Crippen LogP contribution in [0.5, 0.6) is 0 Å². The van der Waals surface area contributed by atoms with Gasteiger partial charge < -0.3 is 8.98 Å². The molecule has 0 amide bonds. The standard InChI is InChI=1S/C51H30N4OS/c1-3-12-31(13-4-1)32-22-25-35(26-23-32)55-43-20-9-7-16-36(43)39-28-29-41-40-18-11-19-42(47(40)56-48(41)46(39)55)51-53-49(33-14-5-2-6-15-33)52-50(54-51)34-24-27-38-37-17-8-10-21-44(37)57-45(38)30-34/h1-30H. The summed E-state index contributed by atoms with van der Waals surface area (Å²) in [6.07, 6.45) is 0. The van der Waals surface area contributed by atoms with Gasteiger partial charge in [0, 0.05) is 58.5 Å².